The van der Waals surface area contributed by atoms with Crippen molar-refractivity contribution in [3.63, 3.8) is 0 Å². The Morgan fingerprint density at radius 2 is 2.09 bits per heavy atom. The van der Waals surface area contributed by atoms with Gasteiger partial charge in [0.1, 0.15) is 5.52 Å². The zero-order chi connectivity index (χ0) is 15.8. The molecule has 0 bridgehead atoms. The van der Waals surface area contributed by atoms with Gasteiger partial charge < -0.3 is 20.5 Å². The average molecular weight is 309 g/mol. The minimum atomic E-state index is 0.515. The van der Waals surface area contributed by atoms with Crippen molar-refractivity contribution in [3.8, 4) is 0 Å². The number of aromatic nitrogens is 4. The van der Waals surface area contributed by atoms with Gasteiger partial charge in [-0.3, -0.25) is 0 Å². The zero-order valence-electron chi connectivity index (χ0n) is 13.2. The second-order valence-electron chi connectivity index (χ2n) is 5.99. The van der Waals surface area contributed by atoms with Gasteiger partial charge in [-0.05, 0) is 31.0 Å². The fourth-order valence-electron chi connectivity index (χ4n) is 2.41. The van der Waals surface area contributed by atoms with Gasteiger partial charge in [-0.1, -0.05) is 6.07 Å². The van der Waals surface area contributed by atoms with Crippen LogP contribution in [0.3, 0.4) is 0 Å². The number of aromatic amines is 1. The maximum absolute atomic E-state index is 4.60. The normalized spacial score (nSPS) is 14.0. The molecule has 2 aromatic heterocycles. The van der Waals surface area contributed by atoms with E-state index in [-0.39, 0.29) is 0 Å². The van der Waals surface area contributed by atoms with Crippen molar-refractivity contribution in [2.45, 2.75) is 18.9 Å². The lowest BCUT2D eigenvalue weighted by Crippen LogP contribution is -2.09. The predicted octanol–water partition coefficient (Wildman–Crippen LogP) is 2.74. The Kier molecular flexibility index (Phi) is 3.25. The molecule has 1 saturated carbocycles. The van der Waals surface area contributed by atoms with Crippen molar-refractivity contribution >= 4 is 34.3 Å². The second-order valence-corrected chi connectivity index (χ2v) is 5.99. The summed E-state index contributed by atoms with van der Waals surface area (Å²) in [6.45, 7) is 0. The summed E-state index contributed by atoms with van der Waals surface area (Å²) in [5, 5.41) is 6.70. The van der Waals surface area contributed by atoms with Crippen LogP contribution in [0.15, 0.2) is 30.6 Å². The van der Waals surface area contributed by atoms with Crippen molar-refractivity contribution in [2.75, 3.05) is 29.6 Å². The molecule has 0 aliphatic heterocycles. The molecule has 23 heavy (non-hydrogen) atoms. The van der Waals surface area contributed by atoms with E-state index >= 15 is 0 Å². The first kappa shape index (κ1) is 13.8. The van der Waals surface area contributed by atoms with Crippen LogP contribution in [0.2, 0.25) is 0 Å². The van der Waals surface area contributed by atoms with Gasteiger partial charge in [-0.2, -0.15) is 9.97 Å². The Morgan fingerprint density at radius 3 is 2.87 bits per heavy atom. The molecule has 1 fully saturated rings. The minimum absolute atomic E-state index is 0.515. The SMILES string of the molecule is CN(C)c1cccc(Nc2nc(NC3CC3)c3[nH]cnc3n2)c1. The molecule has 0 unspecified atom stereocenters. The number of benzene rings is 1. The van der Waals surface area contributed by atoms with Gasteiger partial charge >= 0.3 is 0 Å². The highest BCUT2D eigenvalue weighted by Gasteiger charge is 2.23. The molecular formula is C16H19N7. The quantitative estimate of drug-likeness (QED) is 0.672. The van der Waals surface area contributed by atoms with Gasteiger partial charge in [-0.25, -0.2) is 4.98 Å². The molecule has 1 aromatic carbocycles. The van der Waals surface area contributed by atoms with Crippen LogP contribution in [0.25, 0.3) is 11.2 Å². The fourth-order valence-corrected chi connectivity index (χ4v) is 2.41. The van der Waals surface area contributed by atoms with E-state index in [4.69, 9.17) is 0 Å². The highest BCUT2D eigenvalue weighted by molar-refractivity contribution is 5.84. The van der Waals surface area contributed by atoms with E-state index < -0.39 is 0 Å². The number of hydrogen-bond acceptors (Lipinski definition) is 6. The van der Waals surface area contributed by atoms with Gasteiger partial charge in [0.2, 0.25) is 5.95 Å². The van der Waals surface area contributed by atoms with Crippen LogP contribution in [-0.4, -0.2) is 40.1 Å². The van der Waals surface area contributed by atoms with Crippen LogP contribution in [0.4, 0.5) is 23.1 Å². The van der Waals surface area contributed by atoms with Crippen molar-refractivity contribution in [3.05, 3.63) is 30.6 Å². The van der Waals surface area contributed by atoms with Gasteiger partial charge in [-0.15, -0.1) is 0 Å². The molecule has 4 rings (SSSR count). The summed E-state index contributed by atoms with van der Waals surface area (Å²) in [6, 6.07) is 8.64. The van der Waals surface area contributed by atoms with E-state index in [0.29, 0.717) is 17.6 Å². The minimum Gasteiger partial charge on any atom is -0.378 e. The second kappa shape index (κ2) is 5.42. The largest absolute Gasteiger partial charge is 0.378 e. The summed E-state index contributed by atoms with van der Waals surface area (Å²) in [4.78, 5) is 18.5. The zero-order valence-corrected chi connectivity index (χ0v) is 13.2. The summed E-state index contributed by atoms with van der Waals surface area (Å²) >= 11 is 0. The molecule has 3 N–H and O–H groups in total. The Hall–Kier alpha value is -2.83. The summed E-state index contributed by atoms with van der Waals surface area (Å²) in [7, 11) is 4.03. The summed E-state index contributed by atoms with van der Waals surface area (Å²) in [5.41, 5.74) is 3.58. The van der Waals surface area contributed by atoms with Gasteiger partial charge in [0.05, 0.1) is 6.33 Å². The number of anilines is 4. The average Bonchev–Trinajstić information content (AvgIpc) is 3.22. The number of fused-ring (bicyclic) bond motifs is 1. The van der Waals surface area contributed by atoms with Crippen LogP contribution < -0.4 is 15.5 Å². The summed E-state index contributed by atoms with van der Waals surface area (Å²) < 4.78 is 0. The Bertz CT molecular complexity index is 835. The monoisotopic (exact) mass is 309 g/mol. The lowest BCUT2D eigenvalue weighted by molar-refractivity contribution is 1.10. The molecule has 0 atom stereocenters. The number of rotatable bonds is 5. The number of nitrogens with one attached hydrogen (secondary N) is 3. The standard InChI is InChI=1S/C16H19N7/c1-23(2)12-5-3-4-11(8-12)20-16-21-14-13(17-9-18-14)15(22-16)19-10-6-7-10/h3-5,8-10H,6-7H2,1-2H3,(H3,17,18,19,20,21,22). The van der Waals surface area contributed by atoms with E-state index in [9.17, 15) is 0 Å². The first-order valence-electron chi connectivity index (χ1n) is 7.71. The van der Waals surface area contributed by atoms with Crippen LogP contribution in [0.1, 0.15) is 12.8 Å². The van der Waals surface area contributed by atoms with E-state index in [1.165, 1.54) is 12.8 Å². The van der Waals surface area contributed by atoms with Crippen molar-refractivity contribution < 1.29 is 0 Å². The molecule has 0 spiro atoms. The van der Waals surface area contributed by atoms with Crippen molar-refractivity contribution in [1.82, 2.24) is 19.9 Å². The molecule has 3 aromatic rings. The van der Waals surface area contributed by atoms with Crippen LogP contribution in [-0.2, 0) is 0 Å². The van der Waals surface area contributed by atoms with Gasteiger partial charge in [0.15, 0.2) is 11.5 Å². The molecule has 7 heteroatoms. The molecule has 0 amide bonds. The molecule has 7 nitrogen and oxygen atoms in total. The molecule has 118 valence electrons. The lowest BCUT2D eigenvalue weighted by atomic mass is 10.2. The third-order valence-electron chi connectivity index (χ3n) is 3.82. The Balaban J connectivity index is 1.66. The fraction of sp³-hybridized carbons (Fsp3) is 0.312. The van der Waals surface area contributed by atoms with Gasteiger partial charge in [0, 0.05) is 31.5 Å². The Morgan fingerprint density at radius 1 is 1.22 bits per heavy atom. The predicted molar refractivity (Wildman–Crippen MR) is 92.4 cm³/mol. The molecular weight excluding hydrogens is 290 g/mol. The smallest absolute Gasteiger partial charge is 0.231 e. The first-order valence-corrected chi connectivity index (χ1v) is 7.71. The van der Waals surface area contributed by atoms with E-state index in [2.05, 4.69) is 47.6 Å². The number of nitrogens with zero attached hydrogens (tertiary/aromatic N) is 4. The Labute approximate surface area is 134 Å². The maximum atomic E-state index is 4.60. The lowest BCUT2D eigenvalue weighted by Gasteiger charge is -2.14. The number of hydrogen-bond donors (Lipinski definition) is 3. The maximum Gasteiger partial charge on any atom is 0.231 e. The van der Waals surface area contributed by atoms with Crippen LogP contribution in [0, 0.1) is 0 Å². The third-order valence-corrected chi connectivity index (χ3v) is 3.82. The number of H-pyrrole nitrogens is 1. The van der Waals surface area contributed by atoms with Crippen molar-refractivity contribution in [2.24, 2.45) is 0 Å². The van der Waals surface area contributed by atoms with Crippen LogP contribution >= 0.6 is 0 Å². The molecule has 0 saturated heterocycles. The molecule has 2 heterocycles. The highest BCUT2D eigenvalue weighted by atomic mass is 15.2. The van der Waals surface area contributed by atoms with Crippen LogP contribution in [0.5, 0.6) is 0 Å². The molecule has 1 aliphatic rings. The first-order chi connectivity index (χ1) is 11.2. The molecule has 1 aliphatic carbocycles. The van der Waals surface area contributed by atoms with Crippen molar-refractivity contribution in [1.29, 1.82) is 0 Å². The molecule has 0 radical (unpaired) electrons. The summed E-state index contributed by atoms with van der Waals surface area (Å²) in [5.74, 6) is 1.35. The summed E-state index contributed by atoms with van der Waals surface area (Å²) in [6.07, 6.45) is 4.02. The van der Waals surface area contributed by atoms with E-state index in [1.807, 2.05) is 26.2 Å². The van der Waals surface area contributed by atoms with E-state index in [0.717, 1.165) is 22.7 Å². The highest BCUT2D eigenvalue weighted by Crippen LogP contribution is 2.28. The van der Waals surface area contributed by atoms with Gasteiger partial charge in [0.25, 0.3) is 0 Å². The topological polar surface area (TPSA) is 81.8 Å². The van der Waals surface area contributed by atoms with E-state index in [1.54, 1.807) is 6.33 Å². The third kappa shape index (κ3) is 2.90. The number of imidazole rings is 1.